The van der Waals surface area contributed by atoms with Crippen molar-refractivity contribution in [2.45, 2.75) is 32.0 Å². The van der Waals surface area contributed by atoms with Gasteiger partial charge in [0.15, 0.2) is 0 Å². The summed E-state index contributed by atoms with van der Waals surface area (Å²) in [5.41, 5.74) is 2.96. The summed E-state index contributed by atoms with van der Waals surface area (Å²) in [6, 6.07) is 5.69. The first kappa shape index (κ1) is 9.69. The van der Waals surface area contributed by atoms with Gasteiger partial charge in [-0.1, -0.05) is 17.3 Å². The molecule has 0 radical (unpaired) electrons. The Morgan fingerprint density at radius 2 is 2.50 bits per heavy atom. The highest BCUT2D eigenvalue weighted by molar-refractivity contribution is 5.71. The third-order valence-electron chi connectivity index (χ3n) is 3.67. The summed E-state index contributed by atoms with van der Waals surface area (Å²) in [6.45, 7) is -2.41. The van der Waals surface area contributed by atoms with Crippen molar-refractivity contribution < 1.29 is 18.2 Å². The molecule has 104 valence electrons. The standard InChI is InChI=1S/C15H16N2O3/c1-9-16-15(17-20-9)12-5-6-13-10(7-12)3-4-11(13)8-14(18)19-2/h5-7,11H,3-4,8H2,1-2H3/t11-/m0/s1/i1D3. The molecule has 1 aliphatic rings. The Morgan fingerprint density at radius 3 is 3.25 bits per heavy atom. The van der Waals surface area contributed by atoms with E-state index in [1.54, 1.807) is 0 Å². The van der Waals surface area contributed by atoms with Crippen LogP contribution in [0.3, 0.4) is 0 Å². The molecule has 0 bridgehead atoms. The first-order valence-electron chi connectivity index (χ1n) is 7.92. The van der Waals surface area contributed by atoms with E-state index in [1.807, 2.05) is 18.2 Å². The third-order valence-corrected chi connectivity index (χ3v) is 3.67. The Morgan fingerprint density at radius 1 is 1.60 bits per heavy atom. The minimum absolute atomic E-state index is 0.162. The van der Waals surface area contributed by atoms with Gasteiger partial charge >= 0.3 is 5.97 Å². The minimum Gasteiger partial charge on any atom is -0.469 e. The normalized spacial score (nSPS) is 19.9. The molecule has 20 heavy (non-hydrogen) atoms. The highest BCUT2D eigenvalue weighted by Gasteiger charge is 2.25. The number of benzene rings is 1. The van der Waals surface area contributed by atoms with Gasteiger partial charge in [0.25, 0.3) is 0 Å². The van der Waals surface area contributed by atoms with Gasteiger partial charge in [-0.05, 0) is 36.0 Å². The smallest absolute Gasteiger partial charge is 0.306 e. The van der Waals surface area contributed by atoms with Gasteiger partial charge in [0.2, 0.25) is 11.7 Å². The van der Waals surface area contributed by atoms with Crippen molar-refractivity contribution in [3.63, 3.8) is 0 Å². The highest BCUT2D eigenvalue weighted by Crippen LogP contribution is 2.37. The van der Waals surface area contributed by atoms with E-state index in [0.717, 1.165) is 24.0 Å². The van der Waals surface area contributed by atoms with E-state index >= 15 is 0 Å². The Hall–Kier alpha value is -2.17. The minimum atomic E-state index is -2.41. The molecule has 0 amide bonds. The number of hydrogen-bond donors (Lipinski definition) is 0. The molecule has 0 N–H and O–H groups in total. The number of methoxy groups -OCH3 is 1. The summed E-state index contributed by atoms with van der Waals surface area (Å²) in [4.78, 5) is 15.4. The monoisotopic (exact) mass is 275 g/mol. The van der Waals surface area contributed by atoms with Crippen LogP contribution < -0.4 is 0 Å². The van der Waals surface area contributed by atoms with Crippen LogP contribution in [-0.2, 0) is 16.0 Å². The van der Waals surface area contributed by atoms with Gasteiger partial charge in [0.05, 0.1) is 13.5 Å². The SMILES string of the molecule is [2H]C([2H])([2H])c1nc(-c2ccc3c(c2)CC[C@H]3CC(=O)OC)no1. The molecule has 1 aliphatic carbocycles. The zero-order valence-electron chi connectivity index (χ0n) is 14.0. The molecule has 2 aromatic rings. The summed E-state index contributed by atoms with van der Waals surface area (Å²) in [7, 11) is 1.39. The molecule has 0 saturated heterocycles. The summed E-state index contributed by atoms with van der Waals surface area (Å²) < 4.78 is 31.4. The van der Waals surface area contributed by atoms with Crippen LogP contribution in [-0.4, -0.2) is 23.2 Å². The van der Waals surface area contributed by atoms with Gasteiger partial charge in [0, 0.05) is 16.5 Å². The van der Waals surface area contributed by atoms with E-state index < -0.39 is 6.85 Å². The summed E-state index contributed by atoms with van der Waals surface area (Å²) in [6.07, 6.45) is 2.11. The second kappa shape index (κ2) is 5.07. The zero-order valence-corrected chi connectivity index (χ0v) is 11.0. The summed E-state index contributed by atoms with van der Waals surface area (Å²) >= 11 is 0. The van der Waals surface area contributed by atoms with Crippen molar-refractivity contribution in [2.24, 2.45) is 0 Å². The number of ether oxygens (including phenoxy) is 1. The Balaban J connectivity index is 1.85. The predicted molar refractivity (Wildman–Crippen MR) is 72.2 cm³/mol. The lowest BCUT2D eigenvalue weighted by atomic mass is 9.97. The second-order valence-electron chi connectivity index (χ2n) is 4.85. The molecule has 0 saturated carbocycles. The summed E-state index contributed by atoms with van der Waals surface area (Å²) in [5.74, 6) is -0.158. The van der Waals surface area contributed by atoms with Gasteiger partial charge in [-0.3, -0.25) is 4.79 Å². The fourth-order valence-corrected chi connectivity index (χ4v) is 2.68. The number of hydrogen-bond acceptors (Lipinski definition) is 5. The van der Waals surface area contributed by atoms with Crippen LogP contribution in [0.15, 0.2) is 22.7 Å². The van der Waals surface area contributed by atoms with Crippen LogP contribution in [0, 0.1) is 6.85 Å². The lowest BCUT2D eigenvalue weighted by Gasteiger charge is -2.10. The number of fused-ring (bicyclic) bond motifs is 1. The van der Waals surface area contributed by atoms with Gasteiger partial charge in [-0.15, -0.1) is 0 Å². The van der Waals surface area contributed by atoms with Crippen molar-refractivity contribution >= 4 is 5.97 Å². The van der Waals surface area contributed by atoms with Gasteiger partial charge in [-0.25, -0.2) is 0 Å². The molecule has 0 unspecified atom stereocenters. The van der Waals surface area contributed by atoms with Crippen LogP contribution in [0.2, 0.25) is 0 Å². The van der Waals surface area contributed by atoms with E-state index in [-0.39, 0.29) is 23.6 Å². The van der Waals surface area contributed by atoms with Crippen molar-refractivity contribution in [1.29, 1.82) is 0 Å². The lowest BCUT2D eigenvalue weighted by Crippen LogP contribution is -2.06. The van der Waals surface area contributed by atoms with Crippen LogP contribution in [0.4, 0.5) is 0 Å². The zero-order chi connectivity index (χ0) is 16.6. The van der Waals surface area contributed by atoms with Crippen molar-refractivity contribution in [1.82, 2.24) is 10.1 Å². The van der Waals surface area contributed by atoms with E-state index in [0.29, 0.717) is 12.0 Å². The third kappa shape index (κ3) is 2.31. The molecular formula is C15H16N2O3. The first-order chi connectivity index (χ1) is 10.9. The van der Waals surface area contributed by atoms with E-state index in [2.05, 4.69) is 10.1 Å². The van der Waals surface area contributed by atoms with Crippen LogP contribution in [0.1, 0.15) is 39.9 Å². The highest BCUT2D eigenvalue weighted by atomic mass is 16.5. The number of carbonyl (C=O) groups is 1. The molecule has 1 heterocycles. The van der Waals surface area contributed by atoms with Crippen LogP contribution in [0.5, 0.6) is 0 Å². The molecule has 1 aromatic carbocycles. The van der Waals surface area contributed by atoms with E-state index in [1.165, 1.54) is 7.11 Å². The molecule has 0 aliphatic heterocycles. The molecule has 1 atom stereocenters. The number of carbonyl (C=O) groups excluding carboxylic acids is 1. The lowest BCUT2D eigenvalue weighted by molar-refractivity contribution is -0.141. The molecule has 3 rings (SSSR count). The molecule has 5 heteroatoms. The van der Waals surface area contributed by atoms with Crippen LogP contribution >= 0.6 is 0 Å². The number of aryl methyl sites for hydroxylation is 2. The quantitative estimate of drug-likeness (QED) is 0.806. The van der Waals surface area contributed by atoms with Gasteiger partial charge in [0.1, 0.15) is 0 Å². The van der Waals surface area contributed by atoms with E-state index in [4.69, 9.17) is 13.4 Å². The van der Waals surface area contributed by atoms with Gasteiger partial charge in [-0.2, -0.15) is 4.98 Å². The maximum Gasteiger partial charge on any atom is 0.306 e. The number of rotatable bonds is 3. The van der Waals surface area contributed by atoms with Crippen LogP contribution in [0.25, 0.3) is 11.4 Å². The topological polar surface area (TPSA) is 65.2 Å². The summed E-state index contributed by atoms with van der Waals surface area (Å²) in [5, 5.41) is 3.74. The largest absolute Gasteiger partial charge is 0.469 e. The van der Waals surface area contributed by atoms with Crippen molar-refractivity contribution in [3.8, 4) is 11.4 Å². The first-order valence-corrected chi connectivity index (χ1v) is 6.42. The molecule has 5 nitrogen and oxygen atoms in total. The maximum absolute atomic E-state index is 11.5. The fourth-order valence-electron chi connectivity index (χ4n) is 2.68. The number of esters is 1. The average Bonchev–Trinajstić information content (AvgIpc) is 3.13. The number of aromatic nitrogens is 2. The van der Waals surface area contributed by atoms with Gasteiger partial charge < -0.3 is 9.26 Å². The molecule has 1 aromatic heterocycles. The number of nitrogens with zero attached hydrogens (tertiary/aromatic N) is 2. The second-order valence-corrected chi connectivity index (χ2v) is 4.85. The predicted octanol–water partition coefficient (Wildman–Crippen LogP) is 2.64. The van der Waals surface area contributed by atoms with E-state index in [9.17, 15) is 4.79 Å². The average molecular weight is 275 g/mol. The Labute approximate surface area is 121 Å². The maximum atomic E-state index is 11.5. The van der Waals surface area contributed by atoms with Crippen molar-refractivity contribution in [3.05, 3.63) is 35.2 Å². The molecule has 0 fully saturated rings. The fraction of sp³-hybridized carbons (Fsp3) is 0.400. The molecular weight excluding hydrogens is 256 g/mol. The van der Waals surface area contributed by atoms with Crippen molar-refractivity contribution in [2.75, 3.05) is 7.11 Å². The molecule has 0 spiro atoms. The Kier molecular flexibility index (Phi) is 2.46. The Bertz CT molecular complexity index is 740.